The summed E-state index contributed by atoms with van der Waals surface area (Å²) in [7, 11) is 3.79. The molecule has 0 bridgehead atoms. The van der Waals surface area contributed by atoms with Gasteiger partial charge in [0.05, 0.1) is 10.6 Å². The van der Waals surface area contributed by atoms with Gasteiger partial charge in [-0.2, -0.15) is 4.98 Å². The lowest BCUT2D eigenvalue weighted by atomic mass is 10.3. The third-order valence-corrected chi connectivity index (χ3v) is 2.80. The molecular weight excluding hydrogens is 208 g/mol. The molecule has 0 aromatic carbocycles. The van der Waals surface area contributed by atoms with Crippen LogP contribution in [0.4, 0.5) is 11.8 Å². The van der Waals surface area contributed by atoms with Crippen molar-refractivity contribution in [1.82, 2.24) is 9.97 Å². The molecule has 0 aliphatic rings. The van der Waals surface area contributed by atoms with Crippen LogP contribution in [0.15, 0.2) is 23.6 Å². The number of nitrogens with two attached hydrogens (primary N) is 1. The molecule has 2 heterocycles. The van der Waals surface area contributed by atoms with E-state index >= 15 is 0 Å². The summed E-state index contributed by atoms with van der Waals surface area (Å²) in [6.07, 6.45) is 0. The Labute approximate surface area is 92.4 Å². The van der Waals surface area contributed by atoms with E-state index in [4.69, 9.17) is 5.73 Å². The van der Waals surface area contributed by atoms with Crippen LogP contribution < -0.4 is 10.6 Å². The summed E-state index contributed by atoms with van der Waals surface area (Å²) in [5, 5.41) is 2.02. The summed E-state index contributed by atoms with van der Waals surface area (Å²) in [6, 6.07) is 5.80. The molecule has 4 nitrogen and oxygen atoms in total. The van der Waals surface area contributed by atoms with Crippen molar-refractivity contribution >= 4 is 23.1 Å². The lowest BCUT2D eigenvalue weighted by Gasteiger charge is -2.11. The fourth-order valence-corrected chi connectivity index (χ4v) is 1.89. The summed E-state index contributed by atoms with van der Waals surface area (Å²) in [5.41, 5.74) is 6.61. The lowest BCUT2D eigenvalue weighted by molar-refractivity contribution is 1.01. The summed E-state index contributed by atoms with van der Waals surface area (Å²) >= 11 is 1.64. The minimum absolute atomic E-state index is 0.497. The maximum absolute atomic E-state index is 5.73. The average Bonchev–Trinajstić information content (AvgIpc) is 2.69. The first-order chi connectivity index (χ1) is 7.16. The van der Waals surface area contributed by atoms with Gasteiger partial charge in [-0.1, -0.05) is 6.07 Å². The highest BCUT2D eigenvalue weighted by molar-refractivity contribution is 7.13. The SMILES string of the molecule is CN(C)c1nc(N)cc(-c2cccs2)n1. The molecule has 2 aromatic heterocycles. The van der Waals surface area contributed by atoms with Gasteiger partial charge in [0.2, 0.25) is 5.95 Å². The first kappa shape index (κ1) is 9.92. The van der Waals surface area contributed by atoms with E-state index in [1.54, 1.807) is 17.4 Å². The van der Waals surface area contributed by atoms with Crippen LogP contribution in [0.3, 0.4) is 0 Å². The number of thiophene rings is 1. The van der Waals surface area contributed by atoms with Crippen LogP contribution in [0.2, 0.25) is 0 Å². The van der Waals surface area contributed by atoms with Crippen molar-refractivity contribution in [1.29, 1.82) is 0 Å². The second-order valence-corrected chi connectivity index (χ2v) is 4.30. The standard InChI is InChI=1S/C10H12N4S/c1-14(2)10-12-7(6-9(11)13-10)8-4-3-5-15-8/h3-6H,1-2H3,(H2,11,12,13). The molecule has 0 saturated heterocycles. The maximum atomic E-state index is 5.73. The van der Waals surface area contributed by atoms with Gasteiger partial charge in [-0.25, -0.2) is 4.98 Å². The van der Waals surface area contributed by atoms with Gasteiger partial charge in [0.1, 0.15) is 5.82 Å². The van der Waals surface area contributed by atoms with Gasteiger partial charge in [0.15, 0.2) is 0 Å². The molecule has 5 heteroatoms. The normalized spacial score (nSPS) is 10.3. The van der Waals surface area contributed by atoms with E-state index in [2.05, 4.69) is 9.97 Å². The molecule has 2 aromatic rings. The van der Waals surface area contributed by atoms with Gasteiger partial charge in [-0.05, 0) is 11.4 Å². The molecule has 0 amide bonds. The van der Waals surface area contributed by atoms with Crippen LogP contribution in [0.1, 0.15) is 0 Å². The van der Waals surface area contributed by atoms with Gasteiger partial charge < -0.3 is 10.6 Å². The van der Waals surface area contributed by atoms with E-state index in [1.165, 1.54) is 0 Å². The van der Waals surface area contributed by atoms with Crippen LogP contribution in [-0.2, 0) is 0 Å². The monoisotopic (exact) mass is 220 g/mol. The van der Waals surface area contributed by atoms with Crippen molar-refractivity contribution < 1.29 is 0 Å². The highest BCUT2D eigenvalue weighted by Gasteiger charge is 2.06. The topological polar surface area (TPSA) is 55.0 Å². The minimum Gasteiger partial charge on any atom is -0.384 e. The Kier molecular flexibility index (Phi) is 2.55. The van der Waals surface area contributed by atoms with Gasteiger partial charge >= 0.3 is 0 Å². The molecule has 0 unspecified atom stereocenters. The number of nitrogens with zero attached hydrogens (tertiary/aromatic N) is 3. The molecule has 0 atom stereocenters. The quantitative estimate of drug-likeness (QED) is 0.839. The first-order valence-corrected chi connectivity index (χ1v) is 5.40. The van der Waals surface area contributed by atoms with Crippen molar-refractivity contribution in [3.05, 3.63) is 23.6 Å². The number of hydrogen-bond donors (Lipinski definition) is 1. The number of aromatic nitrogens is 2. The summed E-state index contributed by atoms with van der Waals surface area (Å²) in [5.74, 6) is 1.13. The molecule has 0 spiro atoms. The molecule has 0 fully saturated rings. The summed E-state index contributed by atoms with van der Waals surface area (Å²) in [6.45, 7) is 0. The summed E-state index contributed by atoms with van der Waals surface area (Å²) in [4.78, 5) is 11.5. The van der Waals surface area contributed by atoms with Crippen LogP contribution in [0, 0.1) is 0 Å². The van der Waals surface area contributed by atoms with E-state index in [9.17, 15) is 0 Å². The minimum atomic E-state index is 0.497. The number of rotatable bonds is 2. The third kappa shape index (κ3) is 2.07. The number of nitrogen functional groups attached to an aromatic ring is 1. The zero-order chi connectivity index (χ0) is 10.8. The molecule has 2 N–H and O–H groups in total. The fraction of sp³-hybridized carbons (Fsp3) is 0.200. The lowest BCUT2D eigenvalue weighted by Crippen LogP contribution is -2.13. The maximum Gasteiger partial charge on any atom is 0.227 e. The highest BCUT2D eigenvalue weighted by atomic mass is 32.1. The van der Waals surface area contributed by atoms with E-state index < -0.39 is 0 Å². The Hall–Kier alpha value is -1.62. The third-order valence-electron chi connectivity index (χ3n) is 1.91. The smallest absolute Gasteiger partial charge is 0.227 e. The molecule has 2 rings (SSSR count). The Morgan fingerprint density at radius 1 is 1.33 bits per heavy atom. The Morgan fingerprint density at radius 2 is 2.13 bits per heavy atom. The van der Waals surface area contributed by atoms with E-state index in [-0.39, 0.29) is 0 Å². The molecule has 0 aliphatic heterocycles. The van der Waals surface area contributed by atoms with Crippen LogP contribution in [-0.4, -0.2) is 24.1 Å². The Morgan fingerprint density at radius 3 is 2.73 bits per heavy atom. The zero-order valence-corrected chi connectivity index (χ0v) is 9.45. The van der Waals surface area contributed by atoms with Crippen LogP contribution >= 0.6 is 11.3 Å². The fourth-order valence-electron chi connectivity index (χ4n) is 1.20. The van der Waals surface area contributed by atoms with E-state index in [0.29, 0.717) is 11.8 Å². The molecule has 0 radical (unpaired) electrons. The second-order valence-electron chi connectivity index (χ2n) is 3.35. The predicted molar refractivity (Wildman–Crippen MR) is 64.1 cm³/mol. The van der Waals surface area contributed by atoms with Crippen molar-refractivity contribution in [2.75, 3.05) is 24.7 Å². The second kappa shape index (κ2) is 3.86. The zero-order valence-electron chi connectivity index (χ0n) is 8.64. The van der Waals surface area contributed by atoms with E-state index in [1.807, 2.05) is 36.5 Å². The van der Waals surface area contributed by atoms with Gasteiger partial charge in [0.25, 0.3) is 0 Å². The van der Waals surface area contributed by atoms with Gasteiger partial charge in [-0.3, -0.25) is 0 Å². The van der Waals surface area contributed by atoms with Crippen molar-refractivity contribution in [3.8, 4) is 10.6 Å². The van der Waals surface area contributed by atoms with Gasteiger partial charge in [-0.15, -0.1) is 11.3 Å². The predicted octanol–water partition coefficient (Wildman–Crippen LogP) is 1.85. The van der Waals surface area contributed by atoms with Crippen LogP contribution in [0.5, 0.6) is 0 Å². The Balaban J connectivity index is 2.49. The average molecular weight is 220 g/mol. The molecule has 78 valence electrons. The molecule has 0 saturated carbocycles. The highest BCUT2D eigenvalue weighted by Crippen LogP contribution is 2.25. The first-order valence-electron chi connectivity index (χ1n) is 4.52. The van der Waals surface area contributed by atoms with Crippen molar-refractivity contribution in [3.63, 3.8) is 0 Å². The number of anilines is 2. The van der Waals surface area contributed by atoms with E-state index in [0.717, 1.165) is 10.6 Å². The molecule has 0 aliphatic carbocycles. The molecular formula is C10H12N4S. The Bertz CT molecular complexity index is 450. The van der Waals surface area contributed by atoms with Crippen molar-refractivity contribution in [2.45, 2.75) is 0 Å². The summed E-state index contributed by atoms with van der Waals surface area (Å²) < 4.78 is 0. The largest absolute Gasteiger partial charge is 0.384 e. The number of hydrogen-bond acceptors (Lipinski definition) is 5. The van der Waals surface area contributed by atoms with Crippen molar-refractivity contribution in [2.24, 2.45) is 0 Å². The van der Waals surface area contributed by atoms with Crippen LogP contribution in [0.25, 0.3) is 10.6 Å². The van der Waals surface area contributed by atoms with Gasteiger partial charge in [0, 0.05) is 20.2 Å². The molecule has 15 heavy (non-hydrogen) atoms.